The average Bonchev–Trinajstić information content (AvgIpc) is 2.55. The highest BCUT2D eigenvalue weighted by Gasteiger charge is 2.05. The van der Waals surface area contributed by atoms with Crippen LogP contribution in [-0.4, -0.2) is 25.0 Å². The van der Waals surface area contributed by atoms with Crippen molar-refractivity contribution < 1.29 is 19.1 Å². The lowest BCUT2D eigenvalue weighted by Gasteiger charge is -2.09. The summed E-state index contributed by atoms with van der Waals surface area (Å²) in [5.41, 5.74) is 1.30. The molecule has 2 aromatic carbocycles. The first-order valence-corrected chi connectivity index (χ1v) is 7.60. The van der Waals surface area contributed by atoms with E-state index < -0.39 is 0 Å². The highest BCUT2D eigenvalue weighted by Crippen LogP contribution is 2.19. The van der Waals surface area contributed by atoms with Crippen molar-refractivity contribution in [1.82, 2.24) is 0 Å². The highest BCUT2D eigenvalue weighted by atomic mass is 16.5. The fraction of sp³-hybridized carbons (Fsp3) is 0.222. The molecule has 0 heterocycles. The van der Waals surface area contributed by atoms with Crippen LogP contribution < -0.4 is 20.1 Å². The van der Waals surface area contributed by atoms with Crippen molar-refractivity contribution in [3.05, 3.63) is 48.5 Å². The molecule has 2 rings (SSSR count). The number of hydrogen-bond donors (Lipinski definition) is 2. The second-order valence-electron chi connectivity index (χ2n) is 5.00. The molecule has 0 saturated carbocycles. The molecular formula is C18H20N2O4. The van der Waals surface area contributed by atoms with E-state index in [4.69, 9.17) is 9.47 Å². The third-order valence-electron chi connectivity index (χ3n) is 2.98. The molecule has 0 unspecified atom stereocenters. The average molecular weight is 328 g/mol. The van der Waals surface area contributed by atoms with Gasteiger partial charge in [-0.25, -0.2) is 0 Å². The van der Waals surface area contributed by atoms with Crippen LogP contribution in [0.5, 0.6) is 11.5 Å². The molecule has 0 atom stereocenters. The largest absolute Gasteiger partial charge is 0.494 e. The highest BCUT2D eigenvalue weighted by molar-refractivity contribution is 5.93. The minimum atomic E-state index is -0.274. The molecule has 126 valence electrons. The van der Waals surface area contributed by atoms with E-state index in [9.17, 15) is 9.59 Å². The summed E-state index contributed by atoms with van der Waals surface area (Å²) in [5.74, 6) is 0.847. The number of ether oxygens (including phenoxy) is 2. The molecule has 0 aromatic heterocycles. The van der Waals surface area contributed by atoms with Crippen LogP contribution in [0, 0.1) is 0 Å². The lowest BCUT2D eigenvalue weighted by atomic mass is 10.2. The molecule has 6 heteroatoms. The Morgan fingerprint density at radius 3 is 2.08 bits per heavy atom. The molecule has 24 heavy (non-hydrogen) atoms. The summed E-state index contributed by atoms with van der Waals surface area (Å²) in [4.78, 5) is 22.9. The van der Waals surface area contributed by atoms with Gasteiger partial charge in [-0.15, -0.1) is 0 Å². The summed E-state index contributed by atoms with van der Waals surface area (Å²) >= 11 is 0. The van der Waals surface area contributed by atoms with Crippen LogP contribution in [-0.2, 0) is 9.59 Å². The van der Waals surface area contributed by atoms with E-state index in [-0.39, 0.29) is 18.4 Å². The van der Waals surface area contributed by atoms with Crippen LogP contribution in [0.2, 0.25) is 0 Å². The Hall–Kier alpha value is -3.02. The first-order valence-electron chi connectivity index (χ1n) is 7.60. The molecule has 0 radical (unpaired) electrons. The van der Waals surface area contributed by atoms with Crippen LogP contribution in [0.3, 0.4) is 0 Å². The van der Waals surface area contributed by atoms with Gasteiger partial charge in [-0.2, -0.15) is 0 Å². The zero-order chi connectivity index (χ0) is 17.4. The standard InChI is InChI=1S/C18H20N2O4/c1-3-23-16-5-4-6-17(11-16)24-12-18(22)20-15-9-7-14(8-10-15)19-13(2)21/h4-11H,3,12H2,1-2H3,(H,19,21)(H,20,22). The van der Waals surface area contributed by atoms with Gasteiger partial charge in [-0.1, -0.05) is 6.07 Å². The minimum absolute atomic E-state index is 0.108. The third kappa shape index (κ3) is 5.64. The maximum absolute atomic E-state index is 11.9. The quantitative estimate of drug-likeness (QED) is 0.819. The van der Waals surface area contributed by atoms with E-state index in [1.165, 1.54) is 6.92 Å². The van der Waals surface area contributed by atoms with Crippen LogP contribution >= 0.6 is 0 Å². The Balaban J connectivity index is 1.84. The van der Waals surface area contributed by atoms with Crippen molar-refractivity contribution >= 4 is 23.2 Å². The number of rotatable bonds is 7. The van der Waals surface area contributed by atoms with Gasteiger partial charge in [0, 0.05) is 24.4 Å². The molecule has 0 aliphatic carbocycles. The molecule has 0 spiro atoms. The number of hydrogen-bond acceptors (Lipinski definition) is 4. The zero-order valence-electron chi connectivity index (χ0n) is 13.7. The van der Waals surface area contributed by atoms with Crippen molar-refractivity contribution in [2.75, 3.05) is 23.8 Å². The Morgan fingerprint density at radius 1 is 0.917 bits per heavy atom. The van der Waals surface area contributed by atoms with E-state index in [2.05, 4.69) is 10.6 Å². The minimum Gasteiger partial charge on any atom is -0.494 e. The second kappa shape index (κ2) is 8.57. The van der Waals surface area contributed by atoms with Gasteiger partial charge in [0.1, 0.15) is 11.5 Å². The molecule has 2 aromatic rings. The summed E-state index contributed by atoms with van der Waals surface area (Å²) in [5, 5.41) is 5.38. The molecule has 0 aliphatic heterocycles. The Labute approximate surface area is 140 Å². The Kier molecular flexibility index (Phi) is 6.19. The smallest absolute Gasteiger partial charge is 0.262 e. The first kappa shape index (κ1) is 17.3. The third-order valence-corrected chi connectivity index (χ3v) is 2.98. The van der Waals surface area contributed by atoms with E-state index >= 15 is 0 Å². The van der Waals surface area contributed by atoms with Gasteiger partial charge in [-0.3, -0.25) is 9.59 Å². The molecule has 6 nitrogen and oxygen atoms in total. The van der Waals surface area contributed by atoms with Crippen molar-refractivity contribution in [1.29, 1.82) is 0 Å². The van der Waals surface area contributed by atoms with Gasteiger partial charge < -0.3 is 20.1 Å². The fourth-order valence-corrected chi connectivity index (χ4v) is 2.01. The Bertz CT molecular complexity index is 698. The van der Waals surface area contributed by atoms with Crippen LogP contribution in [0.4, 0.5) is 11.4 Å². The number of carbonyl (C=O) groups is 2. The van der Waals surface area contributed by atoms with Gasteiger partial charge in [0.25, 0.3) is 5.91 Å². The maximum Gasteiger partial charge on any atom is 0.262 e. The van der Waals surface area contributed by atoms with E-state index in [1.54, 1.807) is 42.5 Å². The normalized spacial score (nSPS) is 9.92. The zero-order valence-corrected chi connectivity index (χ0v) is 13.7. The number of amides is 2. The molecule has 2 amide bonds. The van der Waals surface area contributed by atoms with Gasteiger partial charge in [0.05, 0.1) is 6.61 Å². The second-order valence-corrected chi connectivity index (χ2v) is 5.00. The summed E-state index contributed by atoms with van der Waals surface area (Å²) < 4.78 is 10.8. The van der Waals surface area contributed by atoms with E-state index in [0.717, 1.165) is 0 Å². The molecular weight excluding hydrogens is 308 g/mol. The van der Waals surface area contributed by atoms with Gasteiger partial charge in [-0.05, 0) is 43.3 Å². The van der Waals surface area contributed by atoms with Crippen molar-refractivity contribution in [2.24, 2.45) is 0 Å². The first-order chi connectivity index (χ1) is 11.6. The number of carbonyl (C=O) groups excluding carboxylic acids is 2. The molecule has 0 aliphatic rings. The SMILES string of the molecule is CCOc1cccc(OCC(=O)Nc2ccc(NC(C)=O)cc2)c1. The van der Waals surface area contributed by atoms with Crippen molar-refractivity contribution in [2.45, 2.75) is 13.8 Å². The topological polar surface area (TPSA) is 76.7 Å². The fourth-order valence-electron chi connectivity index (χ4n) is 2.01. The summed E-state index contributed by atoms with van der Waals surface area (Å²) in [6.45, 7) is 3.80. The van der Waals surface area contributed by atoms with Crippen LogP contribution in [0.1, 0.15) is 13.8 Å². The summed E-state index contributed by atoms with van der Waals surface area (Å²) in [6.07, 6.45) is 0. The molecule has 0 bridgehead atoms. The van der Waals surface area contributed by atoms with Crippen LogP contribution in [0.25, 0.3) is 0 Å². The summed E-state index contributed by atoms with van der Waals surface area (Å²) in [7, 11) is 0. The lowest BCUT2D eigenvalue weighted by Crippen LogP contribution is -2.20. The van der Waals surface area contributed by atoms with Gasteiger partial charge >= 0.3 is 0 Å². The molecule has 0 saturated heterocycles. The van der Waals surface area contributed by atoms with Crippen molar-refractivity contribution in [3.63, 3.8) is 0 Å². The predicted octanol–water partition coefficient (Wildman–Crippen LogP) is 3.06. The number of nitrogens with one attached hydrogen (secondary N) is 2. The van der Waals surface area contributed by atoms with E-state index in [1.807, 2.05) is 13.0 Å². The van der Waals surface area contributed by atoms with Crippen molar-refractivity contribution in [3.8, 4) is 11.5 Å². The Morgan fingerprint density at radius 2 is 1.50 bits per heavy atom. The van der Waals surface area contributed by atoms with Gasteiger partial charge in [0.15, 0.2) is 6.61 Å². The molecule has 0 fully saturated rings. The van der Waals surface area contributed by atoms with E-state index in [0.29, 0.717) is 29.5 Å². The monoisotopic (exact) mass is 328 g/mol. The van der Waals surface area contributed by atoms with Gasteiger partial charge in [0.2, 0.25) is 5.91 Å². The summed E-state index contributed by atoms with van der Waals surface area (Å²) in [6, 6.07) is 14.0. The maximum atomic E-state index is 11.9. The predicted molar refractivity (Wildman–Crippen MR) is 92.5 cm³/mol. The lowest BCUT2D eigenvalue weighted by molar-refractivity contribution is -0.118. The number of anilines is 2. The molecule has 2 N–H and O–H groups in total. The van der Waals surface area contributed by atoms with Crippen LogP contribution in [0.15, 0.2) is 48.5 Å². The number of benzene rings is 2.